The quantitative estimate of drug-likeness (QED) is 0.776. The van der Waals surface area contributed by atoms with Crippen molar-refractivity contribution in [3.8, 4) is 0 Å². The Morgan fingerprint density at radius 2 is 1.88 bits per heavy atom. The number of carbonyl (C=O) groups excluding carboxylic acids is 2. The number of rotatable bonds is 6. The number of amides is 3. The van der Waals surface area contributed by atoms with Gasteiger partial charge in [-0.3, -0.25) is 4.79 Å². The van der Waals surface area contributed by atoms with Crippen molar-refractivity contribution in [2.75, 3.05) is 33.9 Å². The van der Waals surface area contributed by atoms with E-state index in [1.807, 2.05) is 12.1 Å². The lowest BCUT2D eigenvalue weighted by Gasteiger charge is -2.25. The molecule has 1 aromatic carbocycles. The first kappa shape index (κ1) is 19.0. The second kappa shape index (κ2) is 9.22. The third-order valence-corrected chi connectivity index (χ3v) is 4.47. The second-order valence-electron chi connectivity index (χ2n) is 6.34. The van der Waals surface area contributed by atoms with Gasteiger partial charge in [0.25, 0.3) is 5.91 Å². The molecule has 0 radical (unpaired) electrons. The summed E-state index contributed by atoms with van der Waals surface area (Å²) in [6, 6.07) is 7.09. The molecular formula is C19H27N3O3. The van der Waals surface area contributed by atoms with Crippen molar-refractivity contribution in [1.82, 2.24) is 15.5 Å². The molecule has 1 aromatic rings. The third kappa shape index (κ3) is 5.60. The molecule has 1 saturated heterocycles. The fourth-order valence-electron chi connectivity index (χ4n) is 2.83. The molecule has 1 aliphatic rings. The highest BCUT2D eigenvalue weighted by Crippen LogP contribution is 2.21. The van der Waals surface area contributed by atoms with E-state index < -0.39 is 0 Å². The zero-order chi connectivity index (χ0) is 18.2. The zero-order valence-corrected chi connectivity index (χ0v) is 15.0. The molecule has 2 rings (SSSR count). The van der Waals surface area contributed by atoms with Crippen LogP contribution in [-0.4, -0.2) is 50.7 Å². The maximum Gasteiger partial charge on any atom is 0.317 e. The minimum Gasteiger partial charge on any atom is -0.381 e. The molecule has 0 unspecified atom stereocenters. The summed E-state index contributed by atoms with van der Waals surface area (Å²) in [6.07, 6.45) is 1.95. The van der Waals surface area contributed by atoms with Gasteiger partial charge in [0.15, 0.2) is 0 Å². The molecule has 3 amide bonds. The van der Waals surface area contributed by atoms with E-state index in [1.165, 1.54) is 0 Å². The van der Waals surface area contributed by atoms with E-state index in [2.05, 4.69) is 17.2 Å². The average Bonchev–Trinajstić information content (AvgIpc) is 2.66. The van der Waals surface area contributed by atoms with Crippen molar-refractivity contribution in [1.29, 1.82) is 0 Å². The summed E-state index contributed by atoms with van der Waals surface area (Å²) in [4.78, 5) is 25.4. The molecule has 25 heavy (non-hydrogen) atoms. The van der Waals surface area contributed by atoms with E-state index in [4.69, 9.17) is 4.74 Å². The monoisotopic (exact) mass is 345 g/mol. The lowest BCUT2D eigenvalue weighted by molar-refractivity contribution is 0.0753. The summed E-state index contributed by atoms with van der Waals surface area (Å²) >= 11 is 0. The van der Waals surface area contributed by atoms with E-state index in [9.17, 15) is 9.59 Å². The minimum absolute atomic E-state index is 0.121. The number of benzene rings is 1. The number of hydrogen-bond donors (Lipinski definition) is 2. The van der Waals surface area contributed by atoms with E-state index >= 15 is 0 Å². The van der Waals surface area contributed by atoms with Crippen LogP contribution in [0.15, 0.2) is 36.4 Å². The molecule has 6 nitrogen and oxygen atoms in total. The molecule has 136 valence electrons. The van der Waals surface area contributed by atoms with Gasteiger partial charge in [0, 0.05) is 46.0 Å². The van der Waals surface area contributed by atoms with Crippen LogP contribution in [-0.2, 0) is 11.3 Å². The van der Waals surface area contributed by atoms with Crippen LogP contribution >= 0.6 is 0 Å². The Hall–Kier alpha value is -2.34. The summed E-state index contributed by atoms with van der Waals surface area (Å²) in [5, 5.41) is 5.51. The summed E-state index contributed by atoms with van der Waals surface area (Å²) in [5.74, 6) is 0.306. The molecule has 0 saturated carbocycles. The van der Waals surface area contributed by atoms with Gasteiger partial charge in [-0.05, 0) is 36.5 Å². The Labute approximate surface area is 149 Å². The Kier molecular flexibility index (Phi) is 7.01. The van der Waals surface area contributed by atoms with E-state index in [1.54, 1.807) is 31.1 Å². The highest BCUT2D eigenvalue weighted by molar-refractivity contribution is 5.93. The van der Waals surface area contributed by atoms with E-state index in [0.717, 1.165) is 37.2 Å². The lowest BCUT2D eigenvalue weighted by atomic mass is 9.92. The molecule has 6 heteroatoms. The standard InChI is InChI=1S/C19H27N3O3/c1-14(16-8-10-25-11-9-16)12-21-19(24)22(3)13-15-4-6-17(7-5-15)18(23)20-2/h4-7,16H,1,8-13H2,2-3H3,(H,20,23)(H,21,24). The van der Waals surface area contributed by atoms with Gasteiger partial charge in [-0.25, -0.2) is 4.79 Å². The van der Waals surface area contributed by atoms with Gasteiger partial charge >= 0.3 is 6.03 Å². The average molecular weight is 345 g/mol. The number of carbonyl (C=O) groups is 2. The van der Waals surface area contributed by atoms with Gasteiger partial charge in [0.1, 0.15) is 0 Å². The summed E-state index contributed by atoms with van der Waals surface area (Å²) in [6.45, 7) is 6.60. The van der Waals surface area contributed by atoms with Gasteiger partial charge in [0.05, 0.1) is 0 Å². The zero-order valence-electron chi connectivity index (χ0n) is 15.0. The first-order valence-corrected chi connectivity index (χ1v) is 8.56. The molecule has 2 N–H and O–H groups in total. The summed E-state index contributed by atoms with van der Waals surface area (Å²) < 4.78 is 5.35. The van der Waals surface area contributed by atoms with Crippen molar-refractivity contribution >= 4 is 11.9 Å². The number of nitrogens with one attached hydrogen (secondary N) is 2. The van der Waals surface area contributed by atoms with Crippen LogP contribution in [0.1, 0.15) is 28.8 Å². The molecule has 0 atom stereocenters. The molecule has 0 aromatic heterocycles. The van der Waals surface area contributed by atoms with Crippen molar-refractivity contribution in [2.45, 2.75) is 19.4 Å². The van der Waals surface area contributed by atoms with Crippen molar-refractivity contribution < 1.29 is 14.3 Å². The van der Waals surface area contributed by atoms with Gasteiger partial charge in [-0.2, -0.15) is 0 Å². The topological polar surface area (TPSA) is 70.7 Å². The van der Waals surface area contributed by atoms with Gasteiger partial charge in [-0.15, -0.1) is 0 Å². The fourth-order valence-corrected chi connectivity index (χ4v) is 2.83. The molecule has 1 fully saturated rings. The first-order chi connectivity index (χ1) is 12.0. The molecular weight excluding hydrogens is 318 g/mol. The summed E-state index contributed by atoms with van der Waals surface area (Å²) in [7, 11) is 3.35. The maximum absolute atomic E-state index is 12.2. The lowest BCUT2D eigenvalue weighted by Crippen LogP contribution is -2.38. The van der Waals surface area contributed by atoms with Crippen molar-refractivity contribution in [3.63, 3.8) is 0 Å². The van der Waals surface area contributed by atoms with Crippen LogP contribution in [0, 0.1) is 5.92 Å². The third-order valence-electron chi connectivity index (χ3n) is 4.47. The first-order valence-electron chi connectivity index (χ1n) is 8.56. The maximum atomic E-state index is 12.2. The Bertz CT molecular complexity index is 607. The molecule has 1 heterocycles. The van der Waals surface area contributed by atoms with Crippen LogP contribution in [0.25, 0.3) is 0 Å². The highest BCUT2D eigenvalue weighted by atomic mass is 16.5. The van der Waals surface area contributed by atoms with Crippen LogP contribution < -0.4 is 10.6 Å². The number of ether oxygens (including phenoxy) is 1. The predicted octanol–water partition coefficient (Wildman–Crippen LogP) is 2.17. The predicted molar refractivity (Wildman–Crippen MR) is 97.4 cm³/mol. The Balaban J connectivity index is 1.79. The summed E-state index contributed by atoms with van der Waals surface area (Å²) in [5.41, 5.74) is 2.62. The Morgan fingerprint density at radius 3 is 2.48 bits per heavy atom. The molecule has 0 spiro atoms. The highest BCUT2D eigenvalue weighted by Gasteiger charge is 2.18. The SMILES string of the molecule is C=C(CNC(=O)N(C)Cc1ccc(C(=O)NC)cc1)C1CCOCC1. The van der Waals surface area contributed by atoms with Gasteiger partial charge in [0.2, 0.25) is 0 Å². The van der Waals surface area contributed by atoms with Crippen LogP contribution in [0.4, 0.5) is 4.79 Å². The number of urea groups is 1. The molecule has 0 bridgehead atoms. The van der Waals surface area contributed by atoms with Crippen molar-refractivity contribution in [3.05, 3.63) is 47.5 Å². The van der Waals surface area contributed by atoms with Crippen LogP contribution in [0.5, 0.6) is 0 Å². The van der Waals surface area contributed by atoms with Crippen LogP contribution in [0.3, 0.4) is 0 Å². The molecule has 1 aliphatic heterocycles. The van der Waals surface area contributed by atoms with Gasteiger partial charge < -0.3 is 20.3 Å². The van der Waals surface area contributed by atoms with E-state index in [0.29, 0.717) is 24.6 Å². The minimum atomic E-state index is -0.136. The number of nitrogens with zero attached hydrogens (tertiary/aromatic N) is 1. The van der Waals surface area contributed by atoms with Crippen LogP contribution in [0.2, 0.25) is 0 Å². The Morgan fingerprint density at radius 1 is 1.24 bits per heavy atom. The normalized spacial score (nSPS) is 14.6. The fraction of sp³-hybridized carbons (Fsp3) is 0.474. The number of hydrogen-bond acceptors (Lipinski definition) is 3. The van der Waals surface area contributed by atoms with E-state index in [-0.39, 0.29) is 11.9 Å². The van der Waals surface area contributed by atoms with Gasteiger partial charge in [-0.1, -0.05) is 24.3 Å². The largest absolute Gasteiger partial charge is 0.381 e. The molecule has 0 aliphatic carbocycles. The smallest absolute Gasteiger partial charge is 0.317 e. The second-order valence-corrected chi connectivity index (χ2v) is 6.34. The van der Waals surface area contributed by atoms with Crippen molar-refractivity contribution in [2.24, 2.45) is 5.92 Å².